The van der Waals surface area contributed by atoms with Crippen molar-refractivity contribution in [1.29, 1.82) is 0 Å². The number of aliphatic carboxylic acids is 1. The van der Waals surface area contributed by atoms with Crippen LogP contribution in [-0.2, 0) is 33.5 Å². The highest BCUT2D eigenvalue weighted by atomic mass is 33.1. The lowest BCUT2D eigenvalue weighted by atomic mass is 9.90. The largest absolute Gasteiger partial charge is 0.481 e. The van der Waals surface area contributed by atoms with E-state index in [0.717, 1.165) is 4.90 Å². The number of carbonyl (C=O) groups is 6. The lowest BCUT2D eigenvalue weighted by Crippen LogP contribution is -2.68. The van der Waals surface area contributed by atoms with E-state index in [1.54, 1.807) is 24.6 Å². The van der Waals surface area contributed by atoms with Crippen LogP contribution in [-0.4, -0.2) is 122 Å². The van der Waals surface area contributed by atoms with E-state index in [1.165, 1.54) is 10.8 Å². The van der Waals surface area contributed by atoms with Gasteiger partial charge in [-0.15, -0.1) is 0 Å². The van der Waals surface area contributed by atoms with Gasteiger partial charge in [0.2, 0.25) is 11.8 Å². The number of esters is 1. The normalized spacial score (nSPS) is 24.9. The maximum Gasteiger partial charge on any atom is 0.314 e. The molecule has 17 heteroatoms. The predicted molar refractivity (Wildman–Crippen MR) is 156 cm³/mol. The van der Waals surface area contributed by atoms with Gasteiger partial charge in [-0.05, 0) is 40.5 Å². The van der Waals surface area contributed by atoms with E-state index >= 15 is 0 Å². The van der Waals surface area contributed by atoms with Gasteiger partial charge in [-0.25, -0.2) is 0 Å². The number of fused-ring (bicyclic) bond motifs is 1. The number of hydrogen-bond acceptors (Lipinski definition) is 12. The summed E-state index contributed by atoms with van der Waals surface area (Å²) in [6, 6.07) is -1.23. The molecule has 43 heavy (non-hydrogen) atoms. The summed E-state index contributed by atoms with van der Waals surface area (Å²) >= 11 is 0. The number of aliphatic hydroxyl groups excluding tert-OH is 3. The number of carboxylic acids is 1. The SMILES string of the molecule is [3H]C(CC(=O)O)C(=O)NCCNC(=O)CCC(C)(C)SSCCC(C)(C)C(=O)OC[C@@H]1[C@@H](O)[C@H](O)[C@H](O)[C@H]2NC(=O)C(=O)N12. The van der Waals surface area contributed by atoms with E-state index in [2.05, 4.69) is 16.0 Å². The van der Waals surface area contributed by atoms with Gasteiger partial charge in [0.05, 0.1) is 17.9 Å². The molecule has 244 valence electrons. The molecule has 2 rings (SSSR count). The van der Waals surface area contributed by atoms with Crippen molar-refractivity contribution in [3.8, 4) is 0 Å². The van der Waals surface area contributed by atoms with E-state index in [0.29, 0.717) is 18.6 Å². The molecule has 2 fully saturated rings. The highest BCUT2D eigenvalue weighted by molar-refractivity contribution is 8.77. The van der Waals surface area contributed by atoms with Gasteiger partial charge in [-0.1, -0.05) is 21.6 Å². The highest BCUT2D eigenvalue weighted by Gasteiger charge is 2.55. The molecular weight excluding hydrogens is 608 g/mol. The Bertz CT molecular complexity index is 1100. The fourth-order valence-electron chi connectivity index (χ4n) is 4.22. The topological polar surface area (TPSA) is 232 Å². The molecule has 2 aliphatic rings. The third-order valence-electron chi connectivity index (χ3n) is 6.98. The summed E-state index contributed by atoms with van der Waals surface area (Å²) in [7, 11) is 3.07. The van der Waals surface area contributed by atoms with Crippen LogP contribution in [0, 0.1) is 5.41 Å². The standard InChI is InChI=1S/C26H42N4O11S2/c1-25(2,24(40)41-13-14-18(35)19(36)20(37)21-29-22(38)23(39)30(14)21)9-12-42-43-26(3,4)8-7-16(32)28-11-10-27-15(31)5-6-17(33)34/h14,18-21,35-37H,5-13H2,1-4H3,(H,27,31)(H,28,32)(H,29,38)(H,33,34)/t14-,18-,19+,20+,21+/m1/s1/i5T/t5?,14-,18-,19+,20+,21+. The molecule has 7 N–H and O–H groups in total. The van der Waals surface area contributed by atoms with Gasteiger partial charge in [0.15, 0.2) is 0 Å². The highest BCUT2D eigenvalue weighted by Crippen LogP contribution is 2.40. The molecule has 0 aliphatic carbocycles. The summed E-state index contributed by atoms with van der Waals surface area (Å²) in [4.78, 5) is 72.2. The van der Waals surface area contributed by atoms with Crippen molar-refractivity contribution in [2.24, 2.45) is 5.41 Å². The molecule has 0 saturated carbocycles. The maximum absolute atomic E-state index is 12.9. The van der Waals surface area contributed by atoms with Gasteiger partial charge < -0.3 is 46.0 Å². The van der Waals surface area contributed by atoms with Crippen molar-refractivity contribution in [2.45, 2.75) is 95.0 Å². The molecule has 15 nitrogen and oxygen atoms in total. The second kappa shape index (κ2) is 15.9. The molecule has 0 aromatic carbocycles. The number of amides is 4. The minimum absolute atomic E-state index is 0.0753. The van der Waals surface area contributed by atoms with E-state index in [4.69, 9.17) is 11.2 Å². The number of ether oxygens (including phenoxy) is 1. The zero-order valence-corrected chi connectivity index (χ0v) is 26.2. The molecule has 0 bridgehead atoms. The first-order chi connectivity index (χ1) is 20.4. The van der Waals surface area contributed by atoms with Gasteiger partial charge in [0, 0.05) is 37.8 Å². The zero-order chi connectivity index (χ0) is 33.4. The van der Waals surface area contributed by atoms with Crippen molar-refractivity contribution in [3.05, 3.63) is 0 Å². The molecule has 0 aromatic rings. The van der Waals surface area contributed by atoms with Crippen molar-refractivity contribution in [3.63, 3.8) is 0 Å². The summed E-state index contributed by atoms with van der Waals surface area (Å²) in [6.45, 7) is 7.04. The summed E-state index contributed by atoms with van der Waals surface area (Å²) in [6.07, 6.45) is -6.97. The second-order valence-corrected chi connectivity index (χ2v) is 14.6. The van der Waals surface area contributed by atoms with Gasteiger partial charge in [0.25, 0.3) is 0 Å². The van der Waals surface area contributed by atoms with Gasteiger partial charge in [-0.3, -0.25) is 28.8 Å². The second-order valence-electron chi connectivity index (χ2n) is 11.5. The Labute approximate surface area is 259 Å². The van der Waals surface area contributed by atoms with Crippen molar-refractivity contribution < 1.29 is 55.3 Å². The molecule has 2 aliphatic heterocycles. The molecule has 1 unspecified atom stereocenters. The number of aliphatic hydroxyl groups is 3. The van der Waals surface area contributed by atoms with Gasteiger partial charge >= 0.3 is 23.8 Å². The van der Waals surface area contributed by atoms with Crippen LogP contribution in [0.25, 0.3) is 0 Å². The Morgan fingerprint density at radius 3 is 2.23 bits per heavy atom. The Morgan fingerprint density at radius 1 is 0.977 bits per heavy atom. The van der Waals surface area contributed by atoms with E-state index in [9.17, 15) is 44.1 Å². The van der Waals surface area contributed by atoms with E-state index in [-0.39, 0.29) is 30.2 Å². The zero-order valence-electron chi connectivity index (χ0n) is 25.5. The first-order valence-electron chi connectivity index (χ1n) is 14.3. The number of nitrogens with zero attached hydrogens (tertiary/aromatic N) is 1. The number of piperidine rings is 1. The summed E-state index contributed by atoms with van der Waals surface area (Å²) in [5, 5.41) is 46.7. The average molecular weight is 653 g/mol. The fraction of sp³-hybridized carbons (Fsp3) is 0.769. The van der Waals surface area contributed by atoms with Crippen LogP contribution in [0.5, 0.6) is 0 Å². The van der Waals surface area contributed by atoms with E-state index < -0.39 is 85.0 Å². The maximum atomic E-state index is 12.9. The molecule has 0 aromatic heterocycles. The number of hydrogen-bond donors (Lipinski definition) is 7. The van der Waals surface area contributed by atoms with Crippen LogP contribution >= 0.6 is 21.6 Å². The third-order valence-corrected chi connectivity index (χ3v) is 10.3. The number of rotatable bonds is 17. The Morgan fingerprint density at radius 2 is 1.60 bits per heavy atom. The summed E-state index contributed by atoms with van der Waals surface area (Å²) in [5.74, 6) is -4.23. The Kier molecular flexibility index (Phi) is 12.9. The third kappa shape index (κ3) is 10.8. The fourth-order valence-corrected chi connectivity index (χ4v) is 7.11. The molecule has 6 atom stereocenters. The summed E-state index contributed by atoms with van der Waals surface area (Å²) in [5.41, 5.74) is -0.944. The lowest BCUT2D eigenvalue weighted by Gasteiger charge is -2.44. The van der Waals surface area contributed by atoms with Crippen LogP contribution in [0.2, 0.25) is 0 Å². The van der Waals surface area contributed by atoms with Crippen molar-refractivity contribution in [2.75, 3.05) is 25.4 Å². The average Bonchev–Trinajstić information content (AvgIpc) is 3.24. The molecule has 2 saturated heterocycles. The minimum Gasteiger partial charge on any atom is -0.481 e. The molecule has 4 amide bonds. The molecule has 0 spiro atoms. The van der Waals surface area contributed by atoms with Gasteiger partial charge in [-0.2, -0.15) is 0 Å². The smallest absolute Gasteiger partial charge is 0.314 e. The van der Waals surface area contributed by atoms with Crippen LogP contribution in [0.1, 0.15) is 61.1 Å². The number of carboxylic acid groups (broad SMARTS) is 1. The molecule has 0 radical (unpaired) electrons. The minimum atomic E-state index is -1.66. The first-order valence-corrected chi connectivity index (χ1v) is 16.0. The van der Waals surface area contributed by atoms with Crippen LogP contribution < -0.4 is 16.0 Å². The Hall–Kier alpha value is -2.60. The Balaban J connectivity index is 1.70. The van der Waals surface area contributed by atoms with E-state index in [1.807, 2.05) is 13.8 Å². The molecular formula is C26H42N4O11S2. The number of nitrogens with one attached hydrogen (secondary N) is 3. The van der Waals surface area contributed by atoms with Crippen molar-refractivity contribution >= 4 is 57.2 Å². The number of carbonyl (C=O) groups excluding carboxylic acids is 5. The van der Waals surface area contributed by atoms with Gasteiger partial charge in [0.1, 0.15) is 31.1 Å². The summed E-state index contributed by atoms with van der Waals surface area (Å²) < 4.78 is 12.5. The quantitative estimate of drug-likeness (QED) is 0.0421. The predicted octanol–water partition coefficient (Wildman–Crippen LogP) is -1.27. The van der Waals surface area contributed by atoms with Crippen LogP contribution in [0.15, 0.2) is 0 Å². The van der Waals surface area contributed by atoms with Crippen molar-refractivity contribution in [1.82, 2.24) is 20.9 Å². The monoisotopic (exact) mass is 652 g/mol. The first kappa shape index (κ1) is 34.9. The lowest BCUT2D eigenvalue weighted by molar-refractivity contribution is -0.184. The van der Waals surface area contributed by atoms with Crippen LogP contribution in [0.3, 0.4) is 0 Å². The van der Waals surface area contributed by atoms with Crippen LogP contribution in [0.4, 0.5) is 0 Å². The molecule has 2 heterocycles.